The molecule has 1 aliphatic carbocycles. The number of aliphatic hydroxyl groups is 1. The molecule has 54 valence electrons. The highest BCUT2D eigenvalue weighted by Crippen LogP contribution is 2.30. The van der Waals surface area contributed by atoms with Gasteiger partial charge in [0.1, 0.15) is 6.23 Å². The van der Waals surface area contributed by atoms with Crippen molar-refractivity contribution in [3.8, 4) is 0 Å². The van der Waals surface area contributed by atoms with E-state index in [1.165, 1.54) is 17.6 Å². The SMILES string of the molecule is OC1NC=CC2=C1CCC2. The molecule has 0 aromatic heterocycles. The molecular formula is C8H11NO. The summed E-state index contributed by atoms with van der Waals surface area (Å²) in [5.74, 6) is 0. The minimum absolute atomic E-state index is 0.400. The van der Waals surface area contributed by atoms with Gasteiger partial charge in [-0.2, -0.15) is 0 Å². The second-order valence-electron chi connectivity index (χ2n) is 2.81. The van der Waals surface area contributed by atoms with Gasteiger partial charge in [0.2, 0.25) is 0 Å². The van der Waals surface area contributed by atoms with Gasteiger partial charge in [-0.15, -0.1) is 0 Å². The van der Waals surface area contributed by atoms with Crippen molar-refractivity contribution in [2.45, 2.75) is 25.5 Å². The van der Waals surface area contributed by atoms with Gasteiger partial charge in [-0.3, -0.25) is 0 Å². The maximum atomic E-state index is 9.36. The summed E-state index contributed by atoms with van der Waals surface area (Å²) in [5.41, 5.74) is 2.54. The third kappa shape index (κ3) is 0.762. The highest BCUT2D eigenvalue weighted by atomic mass is 16.3. The van der Waals surface area contributed by atoms with E-state index in [1.54, 1.807) is 0 Å². The molecule has 2 nitrogen and oxygen atoms in total. The van der Waals surface area contributed by atoms with E-state index < -0.39 is 6.23 Å². The Bertz CT molecular complexity index is 205. The first-order valence-corrected chi connectivity index (χ1v) is 3.70. The van der Waals surface area contributed by atoms with Gasteiger partial charge in [-0.1, -0.05) is 0 Å². The van der Waals surface area contributed by atoms with Gasteiger partial charge in [-0.05, 0) is 42.7 Å². The maximum absolute atomic E-state index is 9.36. The number of aliphatic hydroxyl groups excluding tert-OH is 1. The molecule has 0 bridgehead atoms. The maximum Gasteiger partial charge on any atom is 0.146 e. The number of nitrogens with one attached hydrogen (secondary N) is 1. The van der Waals surface area contributed by atoms with Crippen molar-refractivity contribution in [1.29, 1.82) is 0 Å². The number of hydrogen-bond acceptors (Lipinski definition) is 2. The molecule has 1 unspecified atom stereocenters. The number of hydrogen-bond donors (Lipinski definition) is 2. The third-order valence-electron chi connectivity index (χ3n) is 2.17. The standard InChI is InChI=1S/C8H11NO/c10-8-7-3-1-2-6(7)4-5-9-8/h4-5,8-10H,1-3H2. The van der Waals surface area contributed by atoms with Crippen LogP contribution in [0.2, 0.25) is 0 Å². The van der Waals surface area contributed by atoms with Gasteiger partial charge >= 0.3 is 0 Å². The molecule has 0 saturated heterocycles. The van der Waals surface area contributed by atoms with E-state index >= 15 is 0 Å². The monoisotopic (exact) mass is 137 g/mol. The second-order valence-corrected chi connectivity index (χ2v) is 2.81. The van der Waals surface area contributed by atoms with Crippen LogP contribution in [0.3, 0.4) is 0 Å². The predicted molar refractivity (Wildman–Crippen MR) is 39.2 cm³/mol. The minimum Gasteiger partial charge on any atom is -0.370 e. The average Bonchev–Trinajstić information content (AvgIpc) is 2.36. The van der Waals surface area contributed by atoms with E-state index in [4.69, 9.17) is 0 Å². The quantitative estimate of drug-likeness (QED) is 0.520. The lowest BCUT2D eigenvalue weighted by Crippen LogP contribution is -2.27. The van der Waals surface area contributed by atoms with Gasteiger partial charge in [0.25, 0.3) is 0 Å². The first-order valence-electron chi connectivity index (χ1n) is 3.70. The molecule has 0 aromatic rings. The second kappa shape index (κ2) is 2.13. The van der Waals surface area contributed by atoms with Gasteiger partial charge in [0.15, 0.2) is 0 Å². The van der Waals surface area contributed by atoms with Crippen LogP contribution in [0.25, 0.3) is 0 Å². The lowest BCUT2D eigenvalue weighted by Gasteiger charge is -2.17. The highest BCUT2D eigenvalue weighted by Gasteiger charge is 2.20. The average molecular weight is 137 g/mol. The van der Waals surface area contributed by atoms with Gasteiger partial charge in [0.05, 0.1) is 0 Å². The fourth-order valence-electron chi connectivity index (χ4n) is 1.63. The number of rotatable bonds is 0. The lowest BCUT2D eigenvalue weighted by atomic mass is 10.1. The minimum atomic E-state index is -0.400. The van der Waals surface area contributed by atoms with Crippen molar-refractivity contribution in [2.75, 3.05) is 0 Å². The zero-order valence-corrected chi connectivity index (χ0v) is 5.80. The van der Waals surface area contributed by atoms with Crippen molar-refractivity contribution >= 4 is 0 Å². The predicted octanol–water partition coefficient (Wildman–Crippen LogP) is 0.902. The Morgan fingerprint density at radius 2 is 2.40 bits per heavy atom. The molecule has 0 saturated carbocycles. The van der Waals surface area contributed by atoms with Crippen molar-refractivity contribution in [1.82, 2.24) is 5.32 Å². The fourth-order valence-corrected chi connectivity index (χ4v) is 1.63. The smallest absolute Gasteiger partial charge is 0.146 e. The zero-order valence-electron chi connectivity index (χ0n) is 5.80. The molecule has 0 spiro atoms. The molecule has 0 amide bonds. The molecule has 2 rings (SSSR count). The van der Waals surface area contributed by atoms with E-state index in [0.29, 0.717) is 0 Å². The summed E-state index contributed by atoms with van der Waals surface area (Å²) in [6, 6.07) is 0. The van der Waals surface area contributed by atoms with Crippen molar-refractivity contribution in [3.05, 3.63) is 23.4 Å². The Kier molecular flexibility index (Phi) is 1.27. The van der Waals surface area contributed by atoms with Crippen molar-refractivity contribution < 1.29 is 5.11 Å². The van der Waals surface area contributed by atoms with E-state index in [1.807, 2.05) is 6.20 Å². The summed E-state index contributed by atoms with van der Waals surface area (Å²) in [6.45, 7) is 0. The summed E-state index contributed by atoms with van der Waals surface area (Å²) < 4.78 is 0. The largest absolute Gasteiger partial charge is 0.370 e. The molecule has 0 radical (unpaired) electrons. The van der Waals surface area contributed by atoms with Gasteiger partial charge < -0.3 is 10.4 Å². The normalized spacial score (nSPS) is 30.3. The summed E-state index contributed by atoms with van der Waals surface area (Å²) in [4.78, 5) is 0. The molecule has 1 atom stereocenters. The number of allylic oxidation sites excluding steroid dienone is 2. The molecule has 2 heteroatoms. The van der Waals surface area contributed by atoms with Crippen molar-refractivity contribution in [2.24, 2.45) is 0 Å². The first kappa shape index (κ1) is 5.98. The molecule has 0 aromatic carbocycles. The van der Waals surface area contributed by atoms with E-state index in [9.17, 15) is 5.11 Å². The molecule has 2 N–H and O–H groups in total. The Morgan fingerprint density at radius 1 is 1.50 bits per heavy atom. The van der Waals surface area contributed by atoms with E-state index in [-0.39, 0.29) is 0 Å². The van der Waals surface area contributed by atoms with Crippen LogP contribution in [0.4, 0.5) is 0 Å². The van der Waals surface area contributed by atoms with Gasteiger partial charge in [-0.25, -0.2) is 0 Å². The Hall–Kier alpha value is -0.760. The summed E-state index contributed by atoms with van der Waals surface area (Å²) in [6.07, 6.45) is 6.90. The van der Waals surface area contributed by atoms with Crippen LogP contribution in [0.5, 0.6) is 0 Å². The molecule has 1 heterocycles. The van der Waals surface area contributed by atoms with E-state index in [0.717, 1.165) is 12.8 Å². The Morgan fingerprint density at radius 3 is 3.20 bits per heavy atom. The topological polar surface area (TPSA) is 32.3 Å². The Labute approximate surface area is 60.2 Å². The van der Waals surface area contributed by atoms with Crippen LogP contribution in [-0.4, -0.2) is 11.3 Å². The highest BCUT2D eigenvalue weighted by molar-refractivity contribution is 5.34. The Balaban J connectivity index is 2.30. The summed E-state index contributed by atoms with van der Waals surface area (Å²) in [5, 5.41) is 12.2. The van der Waals surface area contributed by atoms with Crippen LogP contribution >= 0.6 is 0 Å². The molecular weight excluding hydrogens is 126 g/mol. The fraction of sp³-hybridized carbons (Fsp3) is 0.500. The molecule has 10 heavy (non-hydrogen) atoms. The third-order valence-corrected chi connectivity index (χ3v) is 2.17. The van der Waals surface area contributed by atoms with Crippen molar-refractivity contribution in [3.63, 3.8) is 0 Å². The van der Waals surface area contributed by atoms with Crippen LogP contribution < -0.4 is 5.32 Å². The summed E-state index contributed by atoms with van der Waals surface area (Å²) >= 11 is 0. The summed E-state index contributed by atoms with van der Waals surface area (Å²) in [7, 11) is 0. The van der Waals surface area contributed by atoms with Crippen LogP contribution in [-0.2, 0) is 0 Å². The van der Waals surface area contributed by atoms with Gasteiger partial charge in [0, 0.05) is 0 Å². The van der Waals surface area contributed by atoms with Crippen LogP contribution in [0.1, 0.15) is 19.3 Å². The molecule has 1 aliphatic heterocycles. The van der Waals surface area contributed by atoms with E-state index in [2.05, 4.69) is 11.4 Å². The van der Waals surface area contributed by atoms with Crippen LogP contribution in [0.15, 0.2) is 23.4 Å². The first-order chi connectivity index (χ1) is 4.88. The molecule has 2 aliphatic rings. The van der Waals surface area contributed by atoms with Crippen LogP contribution in [0, 0.1) is 0 Å². The zero-order chi connectivity index (χ0) is 6.97. The number of dihydropyridines is 1. The lowest BCUT2D eigenvalue weighted by molar-refractivity contribution is 0.185. The molecule has 0 fully saturated rings.